The Balaban J connectivity index is 1.88. The molecular weight excluding hydrogens is 362 g/mol. The van der Waals surface area contributed by atoms with Crippen molar-refractivity contribution in [2.24, 2.45) is 0 Å². The lowest BCUT2D eigenvalue weighted by atomic mass is 10.1. The molecule has 0 aliphatic heterocycles. The van der Waals surface area contributed by atoms with Gasteiger partial charge in [-0.1, -0.05) is 64.5 Å². The van der Waals surface area contributed by atoms with Crippen LogP contribution in [0.2, 0.25) is 0 Å². The highest BCUT2D eigenvalue weighted by Crippen LogP contribution is 2.13. The number of rotatable bonds is 6. The molecule has 0 aromatic heterocycles. The van der Waals surface area contributed by atoms with E-state index in [1.807, 2.05) is 85.8 Å². The zero-order valence-electron chi connectivity index (χ0n) is 13.8. The quantitative estimate of drug-likeness (QED) is 0.495. The van der Waals surface area contributed by atoms with Crippen LogP contribution in [-0.4, -0.2) is 19.9 Å². The molecule has 0 radical (unpaired) electrons. The number of carbonyl (C=O) groups is 1. The Kier molecular flexibility index (Phi) is 6.76. The van der Waals surface area contributed by atoms with E-state index in [1.165, 1.54) is 0 Å². The fraction of sp³-hybridized carbons (Fsp3) is 0.0952. The first-order valence-electron chi connectivity index (χ1n) is 7.64. The van der Waals surface area contributed by atoms with Crippen molar-refractivity contribution in [3.63, 3.8) is 0 Å². The van der Waals surface area contributed by atoms with Gasteiger partial charge in [-0.3, -0.25) is 4.79 Å². The van der Waals surface area contributed by atoms with Gasteiger partial charge in [0.2, 0.25) is 0 Å². The monoisotopic (exact) mass is 381 g/mol. The van der Waals surface area contributed by atoms with Gasteiger partial charge in [0, 0.05) is 24.3 Å². The highest BCUT2D eigenvalue weighted by atomic mass is 79.9. The third kappa shape index (κ3) is 6.01. The lowest BCUT2D eigenvalue weighted by Gasteiger charge is -2.11. The Morgan fingerprint density at radius 1 is 0.833 bits per heavy atom. The molecule has 2 aromatic carbocycles. The van der Waals surface area contributed by atoms with Gasteiger partial charge >= 0.3 is 0 Å². The van der Waals surface area contributed by atoms with E-state index in [1.54, 1.807) is 18.2 Å². The Bertz CT molecular complexity index is 753. The summed E-state index contributed by atoms with van der Waals surface area (Å²) in [7, 11) is 4.00. The summed E-state index contributed by atoms with van der Waals surface area (Å²) in [6.45, 7) is 0. The molecule has 0 bridgehead atoms. The number of hydrogen-bond donors (Lipinski definition) is 0. The number of nitrogens with zero attached hydrogens (tertiary/aromatic N) is 1. The van der Waals surface area contributed by atoms with Crippen LogP contribution in [0.4, 0.5) is 5.69 Å². The minimum absolute atomic E-state index is 0.0351. The van der Waals surface area contributed by atoms with E-state index < -0.39 is 0 Å². The summed E-state index contributed by atoms with van der Waals surface area (Å²) in [5.41, 5.74) is 3.23. The highest BCUT2D eigenvalue weighted by Gasteiger charge is 1.94. The van der Waals surface area contributed by atoms with Crippen molar-refractivity contribution in [2.45, 2.75) is 0 Å². The van der Waals surface area contributed by atoms with Crippen LogP contribution in [0.5, 0.6) is 0 Å². The number of halogens is 1. The van der Waals surface area contributed by atoms with Crippen LogP contribution in [0.3, 0.4) is 0 Å². The van der Waals surface area contributed by atoms with Crippen molar-refractivity contribution >= 4 is 39.6 Å². The summed E-state index contributed by atoms with van der Waals surface area (Å²) >= 11 is 3.40. The highest BCUT2D eigenvalue weighted by molar-refractivity contribution is 9.10. The van der Waals surface area contributed by atoms with Crippen LogP contribution < -0.4 is 4.90 Å². The van der Waals surface area contributed by atoms with E-state index in [-0.39, 0.29) is 5.78 Å². The van der Waals surface area contributed by atoms with E-state index in [2.05, 4.69) is 15.9 Å². The number of allylic oxidation sites excluding steroid dienone is 4. The third-order valence-corrected chi connectivity index (χ3v) is 3.91. The maximum absolute atomic E-state index is 11.8. The molecule has 0 atom stereocenters. The van der Waals surface area contributed by atoms with E-state index in [0.717, 1.165) is 21.3 Å². The number of benzene rings is 2. The van der Waals surface area contributed by atoms with Gasteiger partial charge in [-0.05, 0) is 47.5 Å². The maximum atomic E-state index is 11.8. The maximum Gasteiger partial charge on any atom is 0.178 e. The van der Waals surface area contributed by atoms with Crippen LogP contribution in [0.15, 0.2) is 77.3 Å². The van der Waals surface area contributed by atoms with Crippen LogP contribution >= 0.6 is 15.9 Å². The van der Waals surface area contributed by atoms with Crippen molar-refractivity contribution in [1.29, 1.82) is 0 Å². The van der Waals surface area contributed by atoms with Crippen LogP contribution in [0, 0.1) is 0 Å². The van der Waals surface area contributed by atoms with E-state index >= 15 is 0 Å². The van der Waals surface area contributed by atoms with Crippen molar-refractivity contribution in [2.75, 3.05) is 19.0 Å². The molecule has 0 unspecified atom stereocenters. The number of ketones is 1. The molecule has 2 rings (SSSR count). The van der Waals surface area contributed by atoms with E-state index in [4.69, 9.17) is 0 Å². The van der Waals surface area contributed by atoms with Crippen LogP contribution in [0.25, 0.3) is 12.2 Å². The van der Waals surface area contributed by atoms with Crippen molar-refractivity contribution in [3.8, 4) is 0 Å². The van der Waals surface area contributed by atoms with Gasteiger partial charge in [0.1, 0.15) is 0 Å². The molecule has 122 valence electrons. The topological polar surface area (TPSA) is 20.3 Å². The summed E-state index contributed by atoms with van der Waals surface area (Å²) in [6, 6.07) is 16.0. The fourth-order valence-corrected chi connectivity index (χ4v) is 2.27. The minimum Gasteiger partial charge on any atom is -0.378 e. The molecule has 0 saturated carbocycles. The predicted molar refractivity (Wildman–Crippen MR) is 107 cm³/mol. The summed E-state index contributed by atoms with van der Waals surface area (Å²) in [5, 5.41) is 0. The van der Waals surface area contributed by atoms with Crippen molar-refractivity contribution < 1.29 is 4.79 Å². The summed E-state index contributed by atoms with van der Waals surface area (Å²) < 4.78 is 1.05. The van der Waals surface area contributed by atoms with Crippen LogP contribution in [-0.2, 0) is 4.79 Å². The number of carbonyl (C=O) groups excluding carboxylic acids is 1. The zero-order valence-corrected chi connectivity index (χ0v) is 15.4. The molecule has 0 saturated heterocycles. The number of anilines is 1. The van der Waals surface area contributed by atoms with Crippen molar-refractivity contribution in [1.82, 2.24) is 0 Å². The molecule has 0 aliphatic carbocycles. The summed E-state index contributed by atoms with van der Waals surface area (Å²) in [6.07, 6.45) is 10.5. The standard InChI is InChI=1S/C21H20BrNO/c1-23(2)20-14-9-18(10-15-20)11-16-21(24)6-4-3-5-17-7-12-19(22)13-8-17/h3-16H,1-2H3. The molecule has 0 aliphatic rings. The Labute approximate surface area is 151 Å². The third-order valence-electron chi connectivity index (χ3n) is 3.38. The molecule has 0 heterocycles. The van der Waals surface area contributed by atoms with Gasteiger partial charge in [-0.25, -0.2) is 0 Å². The molecule has 0 spiro atoms. The molecule has 2 aromatic rings. The minimum atomic E-state index is -0.0351. The molecule has 2 nitrogen and oxygen atoms in total. The first kappa shape index (κ1) is 18.0. The SMILES string of the molecule is CN(C)c1ccc(C=CC(=O)C=CC=Cc2ccc(Br)cc2)cc1. The van der Waals surface area contributed by atoms with Gasteiger partial charge in [-0.2, -0.15) is 0 Å². The molecule has 24 heavy (non-hydrogen) atoms. The van der Waals surface area contributed by atoms with Gasteiger partial charge < -0.3 is 4.90 Å². The lowest BCUT2D eigenvalue weighted by Crippen LogP contribution is -2.07. The second-order valence-electron chi connectivity index (χ2n) is 5.49. The first-order chi connectivity index (χ1) is 11.5. The largest absolute Gasteiger partial charge is 0.378 e. The molecule has 3 heteroatoms. The van der Waals surface area contributed by atoms with E-state index in [0.29, 0.717) is 0 Å². The average molecular weight is 382 g/mol. The summed E-state index contributed by atoms with van der Waals surface area (Å²) in [5.74, 6) is -0.0351. The Morgan fingerprint density at radius 3 is 2.04 bits per heavy atom. The zero-order chi connectivity index (χ0) is 17.4. The van der Waals surface area contributed by atoms with Gasteiger partial charge in [0.05, 0.1) is 0 Å². The normalized spacial score (nSPS) is 11.6. The summed E-state index contributed by atoms with van der Waals surface area (Å²) in [4.78, 5) is 13.9. The van der Waals surface area contributed by atoms with Gasteiger partial charge in [0.15, 0.2) is 5.78 Å². The lowest BCUT2D eigenvalue weighted by molar-refractivity contribution is -0.110. The van der Waals surface area contributed by atoms with Gasteiger partial charge in [0.25, 0.3) is 0 Å². The first-order valence-corrected chi connectivity index (χ1v) is 8.43. The number of hydrogen-bond acceptors (Lipinski definition) is 2. The van der Waals surface area contributed by atoms with E-state index in [9.17, 15) is 4.79 Å². The Morgan fingerprint density at radius 2 is 1.42 bits per heavy atom. The van der Waals surface area contributed by atoms with Gasteiger partial charge in [-0.15, -0.1) is 0 Å². The van der Waals surface area contributed by atoms with Crippen molar-refractivity contribution in [3.05, 3.63) is 88.4 Å². The predicted octanol–water partition coefficient (Wildman–Crippen LogP) is 5.37. The molecule has 0 N–H and O–H groups in total. The Hall–Kier alpha value is -2.39. The molecular formula is C21H20BrNO. The average Bonchev–Trinajstić information content (AvgIpc) is 2.59. The smallest absolute Gasteiger partial charge is 0.178 e. The second-order valence-corrected chi connectivity index (χ2v) is 6.41. The molecule has 0 fully saturated rings. The van der Waals surface area contributed by atoms with Crippen LogP contribution in [0.1, 0.15) is 11.1 Å². The molecule has 0 amide bonds. The fourth-order valence-electron chi connectivity index (χ4n) is 2.01. The second kappa shape index (κ2) is 9.04.